The number of alkyl halides is 2. The number of hydrogen-bond donors (Lipinski definition) is 2. The summed E-state index contributed by atoms with van der Waals surface area (Å²) in [6, 6.07) is 12.6. The van der Waals surface area contributed by atoms with E-state index in [1.807, 2.05) is 4.90 Å². The van der Waals surface area contributed by atoms with Gasteiger partial charge in [0.1, 0.15) is 11.6 Å². The highest BCUT2D eigenvalue weighted by Gasteiger charge is 2.36. The third-order valence-electron chi connectivity index (χ3n) is 7.81. The smallest absolute Gasteiger partial charge is 0.258 e. The molecule has 1 amide bonds. The van der Waals surface area contributed by atoms with Gasteiger partial charge in [0, 0.05) is 49.2 Å². The Morgan fingerprint density at radius 3 is 2.41 bits per heavy atom. The van der Waals surface area contributed by atoms with Gasteiger partial charge < -0.3 is 15.1 Å². The van der Waals surface area contributed by atoms with Crippen molar-refractivity contribution in [2.45, 2.75) is 66.9 Å². The van der Waals surface area contributed by atoms with Crippen LogP contribution in [0.15, 0.2) is 41.3 Å². The van der Waals surface area contributed by atoms with Crippen molar-refractivity contribution in [3.63, 3.8) is 0 Å². The van der Waals surface area contributed by atoms with Crippen LogP contribution >= 0.6 is 0 Å². The molecular weight excluding hydrogens is 512 g/mol. The van der Waals surface area contributed by atoms with Crippen LogP contribution in [0.25, 0.3) is 0 Å². The van der Waals surface area contributed by atoms with E-state index in [1.54, 1.807) is 36.4 Å². The van der Waals surface area contributed by atoms with Gasteiger partial charge in [0.15, 0.2) is 0 Å². The number of benzene rings is 1. The molecule has 0 spiro atoms. The van der Waals surface area contributed by atoms with E-state index in [1.165, 1.54) is 0 Å². The van der Waals surface area contributed by atoms with Gasteiger partial charge in [-0.1, -0.05) is 19.2 Å². The fourth-order valence-corrected chi connectivity index (χ4v) is 8.76. The molecule has 5 rings (SSSR count). The second-order valence-electron chi connectivity index (χ2n) is 11.3. The van der Waals surface area contributed by atoms with E-state index < -0.39 is 23.7 Å². The van der Waals surface area contributed by atoms with Gasteiger partial charge in [-0.25, -0.2) is 22.8 Å². The van der Waals surface area contributed by atoms with E-state index in [0.717, 1.165) is 43.7 Å². The lowest BCUT2D eigenvalue weighted by molar-refractivity contribution is -0.0221. The third-order valence-corrected chi connectivity index (χ3v) is 13.3. The molecule has 3 fully saturated rings. The highest BCUT2D eigenvalue weighted by molar-refractivity contribution is 7.93. The predicted molar refractivity (Wildman–Crippen MR) is 146 cm³/mol. The molecule has 37 heavy (non-hydrogen) atoms. The molecule has 2 aliphatic heterocycles. The van der Waals surface area contributed by atoms with Gasteiger partial charge in [-0.05, 0) is 55.3 Å². The Morgan fingerprint density at radius 2 is 1.76 bits per heavy atom. The van der Waals surface area contributed by atoms with Crippen LogP contribution < -0.4 is 15.1 Å². The van der Waals surface area contributed by atoms with Crippen molar-refractivity contribution in [2.24, 2.45) is 0 Å². The van der Waals surface area contributed by atoms with Crippen molar-refractivity contribution in [1.82, 2.24) is 4.98 Å². The highest BCUT2D eigenvalue weighted by Crippen LogP contribution is 2.37. The van der Waals surface area contributed by atoms with Gasteiger partial charge >= 0.3 is 0 Å². The minimum atomic E-state index is -2.90. The Balaban J connectivity index is 1.40. The Bertz CT molecular complexity index is 1280. The topological polar surface area (TPSA) is 89.4 Å². The number of carbonyl (C=O) groups excluding carboxylic acids is 1. The number of carbonyl (C=O) groups is 1. The predicted octanol–water partition coefficient (Wildman–Crippen LogP) is 5.67. The first-order chi connectivity index (χ1) is 17.4. The molecule has 1 unspecified atom stereocenters. The van der Waals surface area contributed by atoms with E-state index in [4.69, 9.17) is 4.78 Å². The van der Waals surface area contributed by atoms with Crippen LogP contribution in [0.3, 0.4) is 0 Å². The zero-order valence-corrected chi connectivity index (χ0v) is 23.3. The zero-order valence-electron chi connectivity index (χ0n) is 21.4. The first-order valence-corrected chi connectivity index (χ1v) is 18.1. The SMILES string of the molecule is C[Si]1(C)CCN(c2cc(S(=N)(=O)C3CC3)ccc2C(=O)Nc2cccc(N3CCC(F)(F)CC3)n2)CC1. The second kappa shape index (κ2) is 9.65. The van der Waals surface area contributed by atoms with Crippen LogP contribution in [0.2, 0.25) is 25.2 Å². The zero-order chi connectivity index (χ0) is 26.4. The maximum absolute atomic E-state index is 13.6. The number of hydrogen-bond acceptors (Lipinski definition) is 6. The Hall–Kier alpha value is -2.53. The lowest BCUT2D eigenvalue weighted by atomic mass is 10.1. The number of nitrogens with one attached hydrogen (secondary N) is 2. The molecule has 3 heterocycles. The van der Waals surface area contributed by atoms with Gasteiger partial charge in [-0.15, -0.1) is 0 Å². The van der Waals surface area contributed by atoms with Crippen LogP contribution in [-0.4, -0.2) is 60.5 Å². The number of piperidine rings is 1. The lowest BCUT2D eigenvalue weighted by Gasteiger charge is -2.38. The fraction of sp³-hybridized carbons (Fsp3) is 0.538. The van der Waals surface area contributed by atoms with Crippen LogP contribution in [0.4, 0.5) is 26.1 Å². The summed E-state index contributed by atoms with van der Waals surface area (Å²) in [7, 11) is -4.16. The van der Waals surface area contributed by atoms with Crippen molar-refractivity contribution in [3.8, 4) is 0 Å². The molecule has 2 saturated heterocycles. The summed E-state index contributed by atoms with van der Waals surface area (Å²) in [5, 5.41) is 2.78. The largest absolute Gasteiger partial charge is 0.371 e. The van der Waals surface area contributed by atoms with Crippen molar-refractivity contribution >= 4 is 41.0 Å². The summed E-state index contributed by atoms with van der Waals surface area (Å²) in [6.07, 6.45) is 1.19. The minimum Gasteiger partial charge on any atom is -0.371 e. The lowest BCUT2D eigenvalue weighted by Crippen LogP contribution is -2.43. The summed E-state index contributed by atoms with van der Waals surface area (Å²) >= 11 is 0. The molecule has 200 valence electrons. The number of halogens is 2. The Kier molecular flexibility index (Phi) is 6.80. The summed E-state index contributed by atoms with van der Waals surface area (Å²) in [4.78, 5) is 22.5. The van der Waals surface area contributed by atoms with E-state index >= 15 is 0 Å². The first-order valence-electron chi connectivity index (χ1n) is 13.0. The first kappa shape index (κ1) is 26.1. The van der Waals surface area contributed by atoms with Crippen molar-refractivity contribution in [3.05, 3.63) is 42.0 Å². The quantitative estimate of drug-likeness (QED) is 0.455. The summed E-state index contributed by atoms with van der Waals surface area (Å²) in [5.41, 5.74) is 1.18. The van der Waals surface area contributed by atoms with Crippen LogP contribution in [0.5, 0.6) is 0 Å². The molecular formula is C26H35F2N5O2SSi. The molecule has 1 atom stereocenters. The number of amides is 1. The van der Waals surface area contributed by atoms with E-state index in [9.17, 15) is 17.8 Å². The highest BCUT2D eigenvalue weighted by atomic mass is 32.2. The molecule has 0 radical (unpaired) electrons. The number of anilines is 3. The van der Waals surface area contributed by atoms with Gasteiger partial charge in [0.05, 0.1) is 29.1 Å². The van der Waals surface area contributed by atoms with Gasteiger partial charge in [-0.2, -0.15) is 0 Å². The molecule has 1 aliphatic carbocycles. The maximum atomic E-state index is 13.6. The Morgan fingerprint density at radius 1 is 1.08 bits per heavy atom. The van der Waals surface area contributed by atoms with E-state index in [-0.39, 0.29) is 37.1 Å². The fourth-order valence-electron chi connectivity index (χ4n) is 5.01. The molecule has 2 aromatic rings. The monoisotopic (exact) mass is 547 g/mol. The molecule has 1 aromatic carbocycles. The van der Waals surface area contributed by atoms with Crippen molar-refractivity contribution in [1.29, 1.82) is 4.78 Å². The van der Waals surface area contributed by atoms with Gasteiger partial charge in [0.2, 0.25) is 0 Å². The summed E-state index contributed by atoms with van der Waals surface area (Å²) in [5.74, 6) is -2.06. The van der Waals surface area contributed by atoms with Crippen LogP contribution in [0, 0.1) is 4.78 Å². The molecule has 11 heteroatoms. The number of pyridine rings is 1. The summed E-state index contributed by atoms with van der Waals surface area (Å²) < 4.78 is 48.9. The Labute approximate surface area is 218 Å². The molecule has 0 bridgehead atoms. The van der Waals surface area contributed by atoms with E-state index in [0.29, 0.717) is 22.1 Å². The van der Waals surface area contributed by atoms with Crippen LogP contribution in [0.1, 0.15) is 36.0 Å². The third kappa shape index (κ3) is 5.82. The van der Waals surface area contributed by atoms with Crippen molar-refractivity contribution < 1.29 is 17.8 Å². The van der Waals surface area contributed by atoms with E-state index in [2.05, 4.69) is 28.3 Å². The molecule has 2 N–H and O–H groups in total. The summed E-state index contributed by atoms with van der Waals surface area (Å²) in [6.45, 7) is 6.84. The molecule has 3 aliphatic rings. The molecule has 1 saturated carbocycles. The minimum absolute atomic E-state index is 0.102. The number of rotatable bonds is 6. The average molecular weight is 548 g/mol. The average Bonchev–Trinajstić information content (AvgIpc) is 3.70. The maximum Gasteiger partial charge on any atom is 0.258 e. The van der Waals surface area contributed by atoms with Crippen LogP contribution in [-0.2, 0) is 9.73 Å². The molecule has 1 aromatic heterocycles. The normalized spacial score (nSPS) is 22.8. The van der Waals surface area contributed by atoms with Gasteiger partial charge in [-0.3, -0.25) is 4.79 Å². The second-order valence-corrected chi connectivity index (χ2v) is 19.0. The van der Waals surface area contributed by atoms with Gasteiger partial charge in [0.25, 0.3) is 11.8 Å². The standard InChI is InChI=1S/C26H35F2N5O2SSi/c1-37(2)16-14-32(15-17-37)22-18-20(36(29,35)19-6-7-19)8-9-21(22)25(34)31-23-4-3-5-24(30-23)33-12-10-26(27,28)11-13-33/h3-5,8-9,18-19,29H,6-7,10-17H2,1-2H3,(H,30,31,34). The van der Waals surface area contributed by atoms with Crippen molar-refractivity contribution in [2.75, 3.05) is 41.3 Å². The number of nitrogens with zero attached hydrogens (tertiary/aromatic N) is 3. The number of aromatic nitrogens is 1. The molecule has 7 nitrogen and oxygen atoms in total.